The summed E-state index contributed by atoms with van der Waals surface area (Å²) in [4.78, 5) is 0. The van der Waals surface area contributed by atoms with E-state index in [1.165, 1.54) is 0 Å². The van der Waals surface area contributed by atoms with Gasteiger partial charge in [-0.05, 0) is 58.4 Å². The van der Waals surface area contributed by atoms with Crippen molar-refractivity contribution in [2.24, 2.45) is 0 Å². The van der Waals surface area contributed by atoms with Crippen LogP contribution in [0.25, 0.3) is 11.1 Å². The second-order valence-electron chi connectivity index (χ2n) is 8.21. The molecule has 0 saturated heterocycles. The van der Waals surface area contributed by atoms with Crippen molar-refractivity contribution in [3.05, 3.63) is 138 Å². The van der Waals surface area contributed by atoms with Gasteiger partial charge in [0.25, 0.3) is 10.1 Å². The fourth-order valence-corrected chi connectivity index (χ4v) is 4.59. The molecule has 0 bridgehead atoms. The first-order chi connectivity index (χ1) is 17.0. The Morgan fingerprint density at radius 2 is 0.971 bits per heavy atom. The fraction of sp³-hybridized carbons (Fsp3) is 0.133. The van der Waals surface area contributed by atoms with Gasteiger partial charge in [-0.1, -0.05) is 103 Å². The van der Waals surface area contributed by atoms with E-state index in [0.29, 0.717) is 25.2 Å². The summed E-state index contributed by atoms with van der Waals surface area (Å²) in [6.45, 7) is 0.384. The Kier molecular flexibility index (Phi) is 8.14. The number of hydrogen-bond acceptors (Lipinski definition) is 3. The summed E-state index contributed by atoms with van der Waals surface area (Å²) < 4.78 is 36.4. The summed E-state index contributed by atoms with van der Waals surface area (Å²) in [6.07, 6.45) is 0.901. The molecule has 0 unspecified atom stereocenters. The van der Waals surface area contributed by atoms with Crippen molar-refractivity contribution in [3.63, 3.8) is 0 Å². The fourth-order valence-electron chi connectivity index (χ4n) is 4.02. The Morgan fingerprint density at radius 3 is 1.37 bits per heavy atom. The first-order valence-electron chi connectivity index (χ1n) is 11.6. The first kappa shape index (κ1) is 24.5. The van der Waals surface area contributed by atoms with Crippen LogP contribution in [0.2, 0.25) is 0 Å². The van der Waals surface area contributed by atoms with E-state index in [1.54, 1.807) is 0 Å². The molecule has 35 heavy (non-hydrogen) atoms. The largest absolute Gasteiger partial charge is 0.494 e. The summed E-state index contributed by atoms with van der Waals surface area (Å²) in [5, 5.41) is 0. The minimum Gasteiger partial charge on any atom is -0.494 e. The summed E-state index contributed by atoms with van der Waals surface area (Å²) in [7, 11) is -3.93. The monoisotopic (exact) mass is 484 g/mol. The highest BCUT2D eigenvalue weighted by molar-refractivity contribution is 7.85. The molecule has 0 saturated carbocycles. The van der Waals surface area contributed by atoms with E-state index in [1.807, 2.05) is 42.5 Å². The molecule has 0 heterocycles. The average molecular weight is 485 g/mol. The van der Waals surface area contributed by atoms with Gasteiger partial charge in [-0.2, -0.15) is 8.42 Å². The normalized spacial score (nSPS) is 11.1. The van der Waals surface area contributed by atoms with Gasteiger partial charge < -0.3 is 4.74 Å². The average Bonchev–Trinajstić information content (AvgIpc) is 2.88. The number of unbranched alkanes of at least 4 members (excludes halogenated alkanes) is 1. The molecule has 0 aliphatic heterocycles. The van der Waals surface area contributed by atoms with Gasteiger partial charge >= 0.3 is 0 Å². The van der Waals surface area contributed by atoms with Gasteiger partial charge in [0.2, 0.25) is 0 Å². The predicted molar refractivity (Wildman–Crippen MR) is 142 cm³/mol. The van der Waals surface area contributed by atoms with Crippen molar-refractivity contribution in [3.8, 4) is 5.75 Å². The Morgan fingerprint density at radius 1 is 0.571 bits per heavy atom. The standard InChI is InChI=1S/C30H28O4S/c31-35(32,33)23-11-10-22-34-28-20-18-27(19-21-28)30(26-16-8-3-9-17-26)29(24-12-4-1-5-13-24)25-14-6-2-7-15-25/h1-9,12-21H,10-11,22-23H2,(H,31,32,33). The van der Waals surface area contributed by atoms with E-state index in [4.69, 9.17) is 9.29 Å². The van der Waals surface area contributed by atoms with E-state index in [0.717, 1.165) is 33.4 Å². The molecule has 4 aromatic carbocycles. The van der Waals surface area contributed by atoms with Crippen molar-refractivity contribution in [2.45, 2.75) is 12.8 Å². The van der Waals surface area contributed by atoms with Gasteiger partial charge in [0.05, 0.1) is 12.4 Å². The van der Waals surface area contributed by atoms with Crippen LogP contribution < -0.4 is 4.74 Å². The summed E-state index contributed by atoms with van der Waals surface area (Å²) in [6, 6.07) is 39.2. The minimum atomic E-state index is -3.93. The smallest absolute Gasteiger partial charge is 0.264 e. The van der Waals surface area contributed by atoms with Gasteiger partial charge in [-0.15, -0.1) is 0 Å². The van der Waals surface area contributed by atoms with Crippen molar-refractivity contribution in [1.82, 2.24) is 0 Å². The summed E-state index contributed by atoms with van der Waals surface area (Å²) in [5.74, 6) is 0.469. The number of ether oxygens (including phenoxy) is 1. The van der Waals surface area contributed by atoms with Gasteiger partial charge in [-0.3, -0.25) is 4.55 Å². The SMILES string of the molecule is O=S(=O)(O)CCCCOc1ccc(C(=C(c2ccccc2)c2ccccc2)c2ccccc2)cc1. The second kappa shape index (κ2) is 11.6. The first-order valence-corrected chi connectivity index (χ1v) is 13.2. The van der Waals surface area contributed by atoms with Crippen LogP contribution in [0, 0.1) is 0 Å². The van der Waals surface area contributed by atoms with E-state index in [9.17, 15) is 8.42 Å². The van der Waals surface area contributed by atoms with Crippen molar-refractivity contribution in [2.75, 3.05) is 12.4 Å². The van der Waals surface area contributed by atoms with Gasteiger partial charge in [0.1, 0.15) is 5.75 Å². The second-order valence-corrected chi connectivity index (χ2v) is 9.79. The van der Waals surface area contributed by atoms with Gasteiger partial charge in [-0.25, -0.2) is 0 Å². The Balaban J connectivity index is 1.70. The molecule has 5 heteroatoms. The quantitative estimate of drug-likeness (QED) is 0.154. The topological polar surface area (TPSA) is 63.6 Å². The molecule has 0 aliphatic carbocycles. The van der Waals surface area contributed by atoms with Crippen molar-refractivity contribution < 1.29 is 17.7 Å². The third-order valence-corrected chi connectivity index (χ3v) is 6.45. The maximum atomic E-state index is 10.9. The number of hydrogen-bond donors (Lipinski definition) is 1. The van der Waals surface area contributed by atoms with E-state index >= 15 is 0 Å². The molecule has 4 rings (SSSR count). The van der Waals surface area contributed by atoms with E-state index in [2.05, 4.69) is 72.8 Å². The van der Waals surface area contributed by atoms with Crippen LogP contribution in [0.1, 0.15) is 35.1 Å². The highest BCUT2D eigenvalue weighted by atomic mass is 32.2. The van der Waals surface area contributed by atoms with E-state index < -0.39 is 10.1 Å². The van der Waals surface area contributed by atoms with Crippen LogP contribution >= 0.6 is 0 Å². The molecule has 0 fully saturated rings. The van der Waals surface area contributed by atoms with Gasteiger partial charge in [0, 0.05) is 0 Å². The summed E-state index contributed by atoms with van der Waals surface area (Å²) >= 11 is 0. The van der Waals surface area contributed by atoms with Crippen LogP contribution in [-0.2, 0) is 10.1 Å². The lowest BCUT2D eigenvalue weighted by Crippen LogP contribution is -2.06. The number of benzene rings is 4. The third kappa shape index (κ3) is 6.92. The highest BCUT2D eigenvalue weighted by Gasteiger charge is 2.16. The highest BCUT2D eigenvalue weighted by Crippen LogP contribution is 2.37. The molecule has 0 atom stereocenters. The minimum absolute atomic E-state index is 0.248. The lowest BCUT2D eigenvalue weighted by Gasteiger charge is -2.18. The van der Waals surface area contributed by atoms with Crippen LogP contribution in [0.4, 0.5) is 0 Å². The third-order valence-electron chi connectivity index (χ3n) is 5.65. The Hall–Kier alpha value is -3.67. The molecule has 178 valence electrons. The maximum Gasteiger partial charge on any atom is 0.264 e. The predicted octanol–water partition coefficient (Wildman–Crippen LogP) is 6.74. The molecule has 0 aromatic heterocycles. The van der Waals surface area contributed by atoms with Crippen molar-refractivity contribution >= 4 is 21.3 Å². The van der Waals surface area contributed by atoms with Crippen LogP contribution in [0.15, 0.2) is 115 Å². The molecule has 0 amide bonds. The van der Waals surface area contributed by atoms with Crippen LogP contribution in [-0.4, -0.2) is 25.3 Å². The molecular formula is C30H28O4S. The zero-order chi connectivity index (χ0) is 24.5. The zero-order valence-corrected chi connectivity index (χ0v) is 20.2. The molecule has 4 nitrogen and oxygen atoms in total. The molecule has 1 N–H and O–H groups in total. The molecule has 0 spiro atoms. The lowest BCUT2D eigenvalue weighted by atomic mass is 9.86. The Bertz CT molecular complexity index is 1310. The molecular weight excluding hydrogens is 456 g/mol. The zero-order valence-electron chi connectivity index (χ0n) is 19.4. The lowest BCUT2D eigenvalue weighted by molar-refractivity contribution is 0.309. The number of rotatable bonds is 10. The maximum absolute atomic E-state index is 10.9. The van der Waals surface area contributed by atoms with Crippen LogP contribution in [0.3, 0.4) is 0 Å². The summed E-state index contributed by atoms with van der Waals surface area (Å²) in [5.41, 5.74) is 6.74. The molecule has 4 aromatic rings. The van der Waals surface area contributed by atoms with Crippen LogP contribution in [0.5, 0.6) is 5.75 Å². The van der Waals surface area contributed by atoms with Gasteiger partial charge in [0.15, 0.2) is 0 Å². The van der Waals surface area contributed by atoms with Crippen molar-refractivity contribution in [1.29, 1.82) is 0 Å². The Labute approximate surface area is 207 Å². The molecule has 0 radical (unpaired) electrons. The molecule has 0 aliphatic rings. The van der Waals surface area contributed by atoms with E-state index in [-0.39, 0.29) is 5.75 Å².